The van der Waals surface area contributed by atoms with Crippen LogP contribution in [0.1, 0.15) is 96.2 Å². The predicted molar refractivity (Wildman–Crippen MR) is 202 cm³/mol. The second kappa shape index (κ2) is 14.3. The summed E-state index contributed by atoms with van der Waals surface area (Å²) in [5, 5.41) is 7.21. The first-order chi connectivity index (χ1) is 25.6. The predicted octanol–water partition coefficient (Wildman–Crippen LogP) is 5.01. The number of fused-ring (bicyclic) bond motifs is 5. The van der Waals surface area contributed by atoms with E-state index in [4.69, 9.17) is 26.1 Å². The van der Waals surface area contributed by atoms with Crippen molar-refractivity contribution < 1.29 is 37.1 Å². The molecule has 3 N–H and O–H groups in total. The number of allylic oxidation sites excluding steroid dienone is 1. The Balaban J connectivity index is 1.22. The van der Waals surface area contributed by atoms with E-state index in [1.807, 2.05) is 51.1 Å². The summed E-state index contributed by atoms with van der Waals surface area (Å²) < 4.78 is 39.9. The average Bonchev–Trinajstić information content (AvgIpc) is 4.01. The number of nitrogens with one attached hydrogen (secondary N) is 3. The van der Waals surface area contributed by atoms with Gasteiger partial charge in [0, 0.05) is 28.3 Å². The first-order valence-electron chi connectivity index (χ1n) is 19.1. The number of carbonyl (C=O) groups excluding carboxylic acids is 4. The van der Waals surface area contributed by atoms with Gasteiger partial charge in [0.05, 0.1) is 29.1 Å². The first kappa shape index (κ1) is 38.4. The number of sulfonamides is 1. The van der Waals surface area contributed by atoms with Crippen molar-refractivity contribution >= 4 is 56.3 Å². The number of rotatable bonds is 6. The van der Waals surface area contributed by atoms with Crippen molar-refractivity contribution in [3.05, 3.63) is 46.6 Å². The maximum absolute atomic E-state index is 14.7. The Labute approximate surface area is 321 Å². The Morgan fingerprint density at radius 2 is 1.93 bits per heavy atom. The zero-order chi connectivity index (χ0) is 38.6. The summed E-state index contributed by atoms with van der Waals surface area (Å²) in [6.07, 6.45) is 8.69. The maximum atomic E-state index is 14.7. The number of pyridine rings is 1. The number of aromatic nitrogens is 1. The normalized spacial score (nSPS) is 29.2. The van der Waals surface area contributed by atoms with Gasteiger partial charge in [-0.2, -0.15) is 0 Å². The lowest BCUT2D eigenvalue weighted by molar-refractivity contribution is -0.141. The fourth-order valence-electron chi connectivity index (χ4n) is 8.09. The third kappa shape index (κ3) is 7.39. The number of hydrogen-bond acceptors (Lipinski definition) is 9. The van der Waals surface area contributed by atoms with Crippen LogP contribution in [0.2, 0.25) is 5.02 Å². The van der Waals surface area contributed by atoms with Crippen LogP contribution in [0.4, 0.5) is 4.79 Å². The molecule has 0 bridgehead atoms. The highest BCUT2D eigenvalue weighted by Gasteiger charge is 2.64. The number of amides is 4. The Morgan fingerprint density at radius 3 is 2.67 bits per heavy atom. The van der Waals surface area contributed by atoms with Gasteiger partial charge in [0.25, 0.3) is 5.91 Å². The molecule has 54 heavy (non-hydrogen) atoms. The van der Waals surface area contributed by atoms with Crippen molar-refractivity contribution in [1.29, 1.82) is 0 Å². The molecule has 1 aromatic heterocycles. The molecule has 0 radical (unpaired) electrons. The minimum atomic E-state index is -3.98. The van der Waals surface area contributed by atoms with Gasteiger partial charge in [-0.05, 0) is 83.3 Å². The van der Waals surface area contributed by atoms with Crippen molar-refractivity contribution in [2.75, 3.05) is 13.2 Å². The topological polar surface area (TPSA) is 173 Å². The molecular weight excluding hydrogens is 734 g/mol. The second-order valence-electron chi connectivity index (χ2n) is 16.5. The van der Waals surface area contributed by atoms with E-state index in [-0.39, 0.29) is 31.9 Å². The largest absolute Gasteiger partial charge is 0.483 e. The van der Waals surface area contributed by atoms with Crippen molar-refractivity contribution in [3.63, 3.8) is 0 Å². The molecule has 1 saturated heterocycles. The number of benzene rings is 1. The van der Waals surface area contributed by atoms with Gasteiger partial charge >= 0.3 is 6.09 Å². The maximum Gasteiger partial charge on any atom is 0.407 e. The lowest BCUT2D eigenvalue weighted by Crippen LogP contribution is -2.58. The van der Waals surface area contributed by atoms with Crippen LogP contribution in [0.15, 0.2) is 30.4 Å². The van der Waals surface area contributed by atoms with Crippen LogP contribution < -0.4 is 20.1 Å². The molecular formula is C39H50ClN5O8S. The van der Waals surface area contributed by atoms with Gasteiger partial charge < -0.3 is 25.0 Å². The smallest absolute Gasteiger partial charge is 0.407 e. The number of halogens is 1. The number of alkyl carbamates (subject to hydrolysis) is 1. The van der Waals surface area contributed by atoms with E-state index >= 15 is 0 Å². The van der Waals surface area contributed by atoms with E-state index in [0.717, 1.165) is 29.3 Å². The van der Waals surface area contributed by atoms with Gasteiger partial charge in [-0.1, -0.05) is 56.5 Å². The lowest BCUT2D eigenvalue weighted by atomic mass is 9.87. The number of aryl methyl sites for hydroxylation is 2. The Bertz CT molecular complexity index is 2020. The van der Waals surface area contributed by atoms with Gasteiger partial charge in [0.15, 0.2) is 0 Å². The van der Waals surface area contributed by atoms with Crippen LogP contribution in [0.25, 0.3) is 10.9 Å². The van der Waals surface area contributed by atoms with Crippen LogP contribution in [0.5, 0.6) is 5.75 Å². The molecule has 7 rings (SSSR count). The molecule has 2 aromatic rings. The summed E-state index contributed by atoms with van der Waals surface area (Å²) in [6, 6.07) is 3.48. The Morgan fingerprint density at radius 1 is 1.15 bits per heavy atom. The van der Waals surface area contributed by atoms with Crippen molar-refractivity contribution in [3.8, 4) is 5.75 Å². The number of ether oxygens (including phenoxy) is 2. The molecule has 1 aromatic carbocycles. The molecule has 3 fully saturated rings. The molecule has 5 unspecified atom stereocenters. The van der Waals surface area contributed by atoms with E-state index < -0.39 is 67.7 Å². The third-order valence-electron chi connectivity index (χ3n) is 11.8. The van der Waals surface area contributed by atoms with Crippen LogP contribution in [0.3, 0.4) is 0 Å². The average molecular weight is 784 g/mol. The third-order valence-corrected chi connectivity index (χ3v) is 14.2. The molecule has 4 heterocycles. The van der Waals surface area contributed by atoms with Crippen LogP contribution in [-0.2, 0) is 35.6 Å². The molecule has 4 amide bonds. The fraction of sp³-hybridized carbons (Fsp3) is 0.615. The summed E-state index contributed by atoms with van der Waals surface area (Å²) in [4.78, 5) is 62.4. The molecule has 5 aliphatic rings. The molecule has 15 heteroatoms. The quantitative estimate of drug-likeness (QED) is 0.341. The number of hydrogen-bond donors (Lipinski definition) is 3. The van der Waals surface area contributed by atoms with Crippen LogP contribution >= 0.6 is 11.6 Å². The highest BCUT2D eigenvalue weighted by Crippen LogP contribution is 2.49. The highest BCUT2D eigenvalue weighted by molar-refractivity contribution is 7.91. The Hall–Kier alpha value is -3.91. The first-order valence-corrected chi connectivity index (χ1v) is 21.0. The molecule has 1 spiro atoms. The van der Waals surface area contributed by atoms with E-state index in [2.05, 4.69) is 15.4 Å². The monoisotopic (exact) mass is 783 g/mol. The SMILES string of the molecule is Cc1nc2cc(Cl)ccc2c2c1OC1(CC2)CC2C(=O)NC3(C(=O)NS(=O)(=O)C4(C)CC4)CC3C=CCCCCCC(NC(=O)OCC(C)C)C(=O)N2C1. The molecule has 13 nitrogen and oxygen atoms in total. The minimum Gasteiger partial charge on any atom is -0.483 e. The molecule has 2 aliphatic carbocycles. The number of carbonyl (C=O) groups is 4. The van der Waals surface area contributed by atoms with Gasteiger partial charge in [-0.3, -0.25) is 19.1 Å². The van der Waals surface area contributed by atoms with Gasteiger partial charge in [-0.15, -0.1) is 0 Å². The fourth-order valence-corrected chi connectivity index (χ4v) is 9.57. The molecule has 5 atom stereocenters. The number of nitrogens with zero attached hydrogens (tertiary/aromatic N) is 2. The summed E-state index contributed by atoms with van der Waals surface area (Å²) in [5.41, 5.74) is -0.107. The van der Waals surface area contributed by atoms with Crippen molar-refractivity contribution in [2.45, 2.75) is 126 Å². The van der Waals surface area contributed by atoms with Crippen LogP contribution in [-0.4, -0.2) is 83.2 Å². The summed E-state index contributed by atoms with van der Waals surface area (Å²) in [5.74, 6) is -1.55. The minimum absolute atomic E-state index is 0.0515. The van der Waals surface area contributed by atoms with Gasteiger partial charge in [0.1, 0.15) is 29.0 Å². The van der Waals surface area contributed by atoms with E-state index in [9.17, 15) is 27.6 Å². The van der Waals surface area contributed by atoms with Gasteiger partial charge in [-0.25, -0.2) is 18.2 Å². The lowest BCUT2D eigenvalue weighted by Gasteiger charge is -2.36. The molecule has 2 saturated carbocycles. The van der Waals surface area contributed by atoms with E-state index in [1.54, 1.807) is 6.92 Å². The van der Waals surface area contributed by atoms with Crippen molar-refractivity contribution in [1.82, 2.24) is 25.2 Å². The summed E-state index contributed by atoms with van der Waals surface area (Å²) >= 11 is 6.28. The second-order valence-corrected chi connectivity index (χ2v) is 19.2. The van der Waals surface area contributed by atoms with Gasteiger partial charge in [0.2, 0.25) is 21.8 Å². The standard InChI is InChI=1S/C39H50ClN5O8S/c1-23(2)21-52-36(49)42-29-11-9-7-5-6-8-10-25-19-39(25,35(48)44-54(50,51)37(4)16-17-37)43-33(46)31-20-38(22-45(31)34(29)47)15-14-28-27-13-12-26(40)18-30(27)41-24(3)32(28)53-38/h8,10,12-13,18,23,25,29,31H,5-7,9,11,14-17,19-22H2,1-4H3,(H,42,49)(H,43,46)(H,44,48). The zero-order valence-corrected chi connectivity index (χ0v) is 32.9. The molecule has 292 valence electrons. The summed E-state index contributed by atoms with van der Waals surface area (Å²) in [6.45, 7) is 7.52. The zero-order valence-electron chi connectivity index (χ0n) is 31.3. The van der Waals surface area contributed by atoms with Crippen molar-refractivity contribution in [2.24, 2.45) is 11.8 Å². The van der Waals surface area contributed by atoms with E-state index in [1.165, 1.54) is 4.90 Å². The summed E-state index contributed by atoms with van der Waals surface area (Å²) in [7, 11) is -3.98. The Kier molecular flexibility index (Phi) is 10.2. The molecule has 3 aliphatic heterocycles. The highest BCUT2D eigenvalue weighted by atomic mass is 35.5. The van der Waals surface area contributed by atoms with E-state index in [0.29, 0.717) is 61.4 Å². The van der Waals surface area contributed by atoms with Crippen LogP contribution in [0, 0.1) is 18.8 Å².